The molecule has 1 amide bonds. The third-order valence-electron chi connectivity index (χ3n) is 3.18. The number of carbonyl (C=O) groups is 3. The number of para-hydroxylation sites is 1. The minimum atomic E-state index is -1.12. The van der Waals surface area contributed by atoms with E-state index in [9.17, 15) is 18.8 Å². The van der Waals surface area contributed by atoms with Gasteiger partial charge in [-0.25, -0.2) is 9.18 Å². The van der Waals surface area contributed by atoms with Gasteiger partial charge in [0.05, 0.1) is 5.69 Å². The van der Waals surface area contributed by atoms with E-state index in [1.807, 2.05) is 0 Å². The van der Waals surface area contributed by atoms with Crippen molar-refractivity contribution >= 4 is 23.9 Å². The van der Waals surface area contributed by atoms with Crippen LogP contribution in [-0.4, -0.2) is 30.9 Å². The standard InChI is InChI=1S/C18H16FNO5/c1-12(18(23)20-16-5-3-2-4-15(16)19)25-17(22)11-24-14-8-6-13(10-21)7-9-14/h2-10,12H,11H2,1H3,(H,20,23)/t12-/m1/s1. The molecule has 0 bridgehead atoms. The first-order chi connectivity index (χ1) is 12.0. The van der Waals surface area contributed by atoms with Crippen LogP contribution in [-0.2, 0) is 14.3 Å². The number of amides is 1. The van der Waals surface area contributed by atoms with Crippen LogP contribution in [0.1, 0.15) is 17.3 Å². The lowest BCUT2D eigenvalue weighted by atomic mass is 10.2. The third-order valence-corrected chi connectivity index (χ3v) is 3.18. The number of aldehydes is 1. The van der Waals surface area contributed by atoms with Crippen LogP contribution in [0.15, 0.2) is 48.5 Å². The average Bonchev–Trinajstić information content (AvgIpc) is 2.62. The number of hydrogen-bond acceptors (Lipinski definition) is 5. The molecule has 0 heterocycles. The van der Waals surface area contributed by atoms with Crippen LogP contribution in [0.3, 0.4) is 0 Å². The molecule has 1 atom stereocenters. The molecule has 2 rings (SSSR count). The summed E-state index contributed by atoms with van der Waals surface area (Å²) in [6, 6.07) is 11.8. The molecule has 25 heavy (non-hydrogen) atoms. The molecule has 0 fully saturated rings. The van der Waals surface area contributed by atoms with Gasteiger partial charge in [-0.05, 0) is 43.3 Å². The summed E-state index contributed by atoms with van der Waals surface area (Å²) in [5, 5.41) is 2.34. The highest BCUT2D eigenvalue weighted by molar-refractivity contribution is 5.95. The van der Waals surface area contributed by atoms with Gasteiger partial charge in [-0.3, -0.25) is 9.59 Å². The number of anilines is 1. The smallest absolute Gasteiger partial charge is 0.344 e. The van der Waals surface area contributed by atoms with Crippen LogP contribution in [0.5, 0.6) is 5.75 Å². The Balaban J connectivity index is 1.81. The normalized spacial score (nSPS) is 11.3. The topological polar surface area (TPSA) is 81.7 Å². The number of ether oxygens (including phenoxy) is 2. The molecule has 130 valence electrons. The maximum atomic E-state index is 13.5. The summed E-state index contributed by atoms with van der Waals surface area (Å²) in [6.07, 6.45) is -0.429. The SMILES string of the molecule is C[C@@H](OC(=O)COc1ccc(C=O)cc1)C(=O)Nc1ccccc1F. The van der Waals surface area contributed by atoms with Gasteiger partial charge in [0.25, 0.3) is 5.91 Å². The van der Waals surface area contributed by atoms with Crippen molar-refractivity contribution in [3.63, 3.8) is 0 Å². The number of hydrogen-bond donors (Lipinski definition) is 1. The van der Waals surface area contributed by atoms with Gasteiger partial charge in [0.2, 0.25) is 0 Å². The average molecular weight is 345 g/mol. The fourth-order valence-corrected chi connectivity index (χ4v) is 1.87. The van der Waals surface area contributed by atoms with Crippen molar-refractivity contribution in [2.24, 2.45) is 0 Å². The highest BCUT2D eigenvalue weighted by Gasteiger charge is 2.19. The van der Waals surface area contributed by atoms with E-state index in [1.54, 1.807) is 6.07 Å². The van der Waals surface area contributed by atoms with Crippen LogP contribution >= 0.6 is 0 Å². The summed E-state index contributed by atoms with van der Waals surface area (Å²) in [5.74, 6) is -1.62. The third kappa shape index (κ3) is 5.42. The summed E-state index contributed by atoms with van der Waals surface area (Å²) in [6.45, 7) is 0.963. The molecular weight excluding hydrogens is 329 g/mol. The van der Waals surface area contributed by atoms with E-state index in [-0.39, 0.29) is 5.69 Å². The summed E-state index contributed by atoms with van der Waals surface area (Å²) in [4.78, 5) is 34.2. The monoisotopic (exact) mass is 345 g/mol. The largest absolute Gasteiger partial charge is 0.482 e. The Morgan fingerprint density at radius 2 is 1.84 bits per heavy atom. The minimum Gasteiger partial charge on any atom is -0.482 e. The molecule has 0 saturated carbocycles. The molecule has 0 aliphatic heterocycles. The molecule has 2 aromatic carbocycles. The summed E-state index contributed by atoms with van der Waals surface area (Å²) in [7, 11) is 0. The Hall–Kier alpha value is -3.22. The zero-order chi connectivity index (χ0) is 18.2. The summed E-state index contributed by atoms with van der Waals surface area (Å²) in [5.41, 5.74) is 0.482. The maximum absolute atomic E-state index is 13.5. The summed E-state index contributed by atoms with van der Waals surface area (Å²) < 4.78 is 23.6. The highest BCUT2D eigenvalue weighted by Crippen LogP contribution is 2.13. The fraction of sp³-hybridized carbons (Fsp3) is 0.167. The van der Waals surface area contributed by atoms with Crippen molar-refractivity contribution in [2.45, 2.75) is 13.0 Å². The van der Waals surface area contributed by atoms with E-state index in [4.69, 9.17) is 9.47 Å². The van der Waals surface area contributed by atoms with Crippen molar-refractivity contribution in [2.75, 3.05) is 11.9 Å². The molecule has 0 unspecified atom stereocenters. The molecule has 0 radical (unpaired) electrons. The number of nitrogens with one attached hydrogen (secondary N) is 1. The predicted molar refractivity (Wildman–Crippen MR) is 87.9 cm³/mol. The molecule has 2 aromatic rings. The van der Waals surface area contributed by atoms with Gasteiger partial charge in [-0.15, -0.1) is 0 Å². The van der Waals surface area contributed by atoms with Crippen LogP contribution in [0.25, 0.3) is 0 Å². The first-order valence-corrected chi connectivity index (χ1v) is 7.42. The minimum absolute atomic E-state index is 0.00177. The fourth-order valence-electron chi connectivity index (χ4n) is 1.87. The molecule has 0 spiro atoms. The van der Waals surface area contributed by atoms with Crippen LogP contribution in [0.2, 0.25) is 0 Å². The van der Waals surface area contributed by atoms with Crippen molar-refractivity contribution in [3.05, 3.63) is 59.9 Å². The van der Waals surface area contributed by atoms with Crippen molar-refractivity contribution in [3.8, 4) is 5.75 Å². The highest BCUT2D eigenvalue weighted by atomic mass is 19.1. The molecule has 7 heteroatoms. The van der Waals surface area contributed by atoms with E-state index in [0.29, 0.717) is 17.6 Å². The zero-order valence-electron chi connectivity index (χ0n) is 13.4. The Labute approximate surface area is 143 Å². The quantitative estimate of drug-likeness (QED) is 0.616. The van der Waals surface area contributed by atoms with Gasteiger partial charge in [0.1, 0.15) is 17.9 Å². The Morgan fingerprint density at radius 3 is 2.48 bits per heavy atom. The molecule has 6 nitrogen and oxygen atoms in total. The number of rotatable bonds is 7. The second-order valence-electron chi connectivity index (χ2n) is 5.08. The first-order valence-electron chi connectivity index (χ1n) is 7.42. The Bertz CT molecular complexity index is 760. The lowest BCUT2D eigenvalue weighted by Crippen LogP contribution is -2.31. The van der Waals surface area contributed by atoms with Crippen LogP contribution in [0.4, 0.5) is 10.1 Å². The van der Waals surface area contributed by atoms with E-state index >= 15 is 0 Å². The molecule has 0 aliphatic carbocycles. The van der Waals surface area contributed by atoms with Crippen molar-refractivity contribution in [1.29, 1.82) is 0 Å². The number of esters is 1. The van der Waals surface area contributed by atoms with Crippen LogP contribution < -0.4 is 10.1 Å². The number of carbonyl (C=O) groups excluding carboxylic acids is 3. The van der Waals surface area contributed by atoms with Crippen molar-refractivity contribution < 1.29 is 28.2 Å². The van der Waals surface area contributed by atoms with Gasteiger partial charge in [-0.1, -0.05) is 12.1 Å². The molecule has 0 aromatic heterocycles. The van der Waals surface area contributed by atoms with Gasteiger partial charge >= 0.3 is 5.97 Å². The van der Waals surface area contributed by atoms with Gasteiger partial charge < -0.3 is 14.8 Å². The molecule has 0 aliphatic rings. The Morgan fingerprint density at radius 1 is 1.16 bits per heavy atom. The molecule has 1 N–H and O–H groups in total. The number of benzene rings is 2. The second kappa shape index (κ2) is 8.58. The molecular formula is C18H16FNO5. The predicted octanol–water partition coefficient (Wildman–Crippen LogP) is 2.59. The van der Waals surface area contributed by atoms with Crippen LogP contribution in [0, 0.1) is 5.82 Å². The zero-order valence-corrected chi connectivity index (χ0v) is 13.4. The first kappa shape index (κ1) is 18.1. The summed E-state index contributed by atoms with van der Waals surface area (Å²) >= 11 is 0. The van der Waals surface area contributed by atoms with Crippen molar-refractivity contribution in [1.82, 2.24) is 0 Å². The molecule has 0 saturated heterocycles. The van der Waals surface area contributed by atoms with E-state index in [2.05, 4.69) is 5.32 Å². The maximum Gasteiger partial charge on any atom is 0.344 e. The van der Waals surface area contributed by atoms with Gasteiger partial charge in [-0.2, -0.15) is 0 Å². The second-order valence-corrected chi connectivity index (χ2v) is 5.08. The lowest BCUT2D eigenvalue weighted by Gasteiger charge is -2.14. The van der Waals surface area contributed by atoms with Gasteiger partial charge in [0, 0.05) is 5.56 Å². The van der Waals surface area contributed by atoms with E-state index in [1.165, 1.54) is 49.4 Å². The number of halogens is 1. The van der Waals surface area contributed by atoms with E-state index in [0.717, 1.165) is 0 Å². The lowest BCUT2D eigenvalue weighted by molar-refractivity contribution is -0.155. The Kier molecular flexibility index (Phi) is 6.22. The van der Waals surface area contributed by atoms with Gasteiger partial charge in [0.15, 0.2) is 12.7 Å². The van der Waals surface area contributed by atoms with E-state index < -0.39 is 30.4 Å².